The van der Waals surface area contributed by atoms with Crippen molar-refractivity contribution in [2.24, 2.45) is 0 Å². The van der Waals surface area contributed by atoms with Gasteiger partial charge >= 0.3 is 0 Å². The van der Waals surface area contributed by atoms with Crippen LogP contribution < -0.4 is 5.32 Å². The number of aryl methyl sites for hydroxylation is 2. The molecule has 0 bridgehead atoms. The van der Waals surface area contributed by atoms with E-state index in [4.69, 9.17) is 0 Å². The minimum absolute atomic E-state index is 0. The minimum Gasteiger partial charge on any atom is -0.340 e. The molecule has 1 N–H and O–H groups in total. The fraction of sp³-hybridized carbons (Fsp3) is 0.476. The van der Waals surface area contributed by atoms with Crippen LogP contribution in [0.3, 0.4) is 0 Å². The SMILES string of the molecule is Cc1cccc(CN(CCC(=O)N2CCNCC2)Cc2cccc(C)n2)n1.Cl.Cl.Cl. The van der Waals surface area contributed by atoms with E-state index in [1.807, 2.05) is 55.1 Å². The third kappa shape index (κ3) is 9.14. The summed E-state index contributed by atoms with van der Waals surface area (Å²) in [6, 6.07) is 12.2. The van der Waals surface area contributed by atoms with Crippen LogP contribution in [0.25, 0.3) is 0 Å². The fourth-order valence-electron chi connectivity index (χ4n) is 3.37. The molecule has 0 spiro atoms. The molecular weight excluding hydrogens is 445 g/mol. The molecule has 0 radical (unpaired) electrons. The molecule has 3 heterocycles. The van der Waals surface area contributed by atoms with Crippen molar-refractivity contribution in [3.63, 3.8) is 0 Å². The molecule has 1 saturated heterocycles. The Morgan fingerprint density at radius 1 is 0.933 bits per heavy atom. The van der Waals surface area contributed by atoms with Crippen LogP contribution in [0.2, 0.25) is 0 Å². The summed E-state index contributed by atoms with van der Waals surface area (Å²) in [5, 5.41) is 3.29. The van der Waals surface area contributed by atoms with E-state index in [0.717, 1.165) is 49.0 Å². The molecule has 1 fully saturated rings. The number of amides is 1. The van der Waals surface area contributed by atoms with Crippen LogP contribution in [-0.4, -0.2) is 58.4 Å². The zero-order chi connectivity index (χ0) is 19.1. The summed E-state index contributed by atoms with van der Waals surface area (Å²) in [6.45, 7) is 9.52. The lowest BCUT2D eigenvalue weighted by Gasteiger charge is -2.29. The van der Waals surface area contributed by atoms with Crippen molar-refractivity contribution in [1.29, 1.82) is 0 Å². The van der Waals surface area contributed by atoms with Crippen molar-refractivity contribution < 1.29 is 4.79 Å². The molecule has 3 rings (SSSR count). The maximum Gasteiger partial charge on any atom is 0.223 e. The summed E-state index contributed by atoms with van der Waals surface area (Å²) in [5.74, 6) is 0.232. The van der Waals surface area contributed by atoms with Crippen molar-refractivity contribution in [3.05, 3.63) is 59.2 Å². The predicted octanol–water partition coefficient (Wildman–Crippen LogP) is 3.18. The van der Waals surface area contributed by atoms with Crippen LogP contribution >= 0.6 is 37.2 Å². The van der Waals surface area contributed by atoms with Crippen LogP contribution in [0.5, 0.6) is 0 Å². The van der Waals surface area contributed by atoms with Crippen molar-refractivity contribution in [2.75, 3.05) is 32.7 Å². The fourth-order valence-corrected chi connectivity index (χ4v) is 3.37. The second-order valence-corrected chi connectivity index (χ2v) is 7.13. The van der Waals surface area contributed by atoms with Gasteiger partial charge in [0.15, 0.2) is 0 Å². The molecule has 1 aliphatic rings. The van der Waals surface area contributed by atoms with Gasteiger partial charge in [0, 0.05) is 63.6 Å². The van der Waals surface area contributed by atoms with Crippen LogP contribution in [0.15, 0.2) is 36.4 Å². The van der Waals surface area contributed by atoms with Crippen LogP contribution in [0, 0.1) is 13.8 Å². The third-order valence-corrected chi connectivity index (χ3v) is 4.77. The number of carbonyl (C=O) groups is 1. The lowest BCUT2D eigenvalue weighted by molar-refractivity contribution is -0.132. The maximum atomic E-state index is 12.6. The Balaban J connectivity index is 0.00000280. The number of hydrogen-bond donors (Lipinski definition) is 1. The topological polar surface area (TPSA) is 61.4 Å². The molecule has 0 saturated carbocycles. The maximum absolute atomic E-state index is 12.6. The first kappa shape index (κ1) is 28.6. The molecule has 0 aliphatic carbocycles. The summed E-state index contributed by atoms with van der Waals surface area (Å²) in [5.41, 5.74) is 4.07. The van der Waals surface area contributed by atoms with E-state index in [1.165, 1.54) is 0 Å². The van der Waals surface area contributed by atoms with E-state index < -0.39 is 0 Å². The lowest BCUT2D eigenvalue weighted by atomic mass is 10.2. The highest BCUT2D eigenvalue weighted by atomic mass is 35.5. The summed E-state index contributed by atoms with van der Waals surface area (Å²) in [7, 11) is 0. The molecule has 2 aromatic rings. The Bertz CT molecular complexity index is 724. The molecule has 9 heteroatoms. The quantitative estimate of drug-likeness (QED) is 0.665. The number of carbonyl (C=O) groups excluding carboxylic acids is 1. The average molecular weight is 477 g/mol. The standard InChI is InChI=1S/C21H29N5O.3ClH/c1-17-5-3-7-19(23-17)15-25(16-20-8-4-6-18(2)24-20)12-9-21(27)26-13-10-22-11-14-26;;;/h3-8,22H,9-16H2,1-2H3;3*1H. The molecule has 2 aromatic heterocycles. The van der Waals surface area contributed by atoms with E-state index in [0.29, 0.717) is 26.1 Å². The highest BCUT2D eigenvalue weighted by Gasteiger charge is 2.18. The van der Waals surface area contributed by atoms with Gasteiger partial charge in [0.25, 0.3) is 0 Å². The first-order valence-electron chi connectivity index (χ1n) is 9.66. The molecule has 0 unspecified atom stereocenters. The minimum atomic E-state index is 0. The summed E-state index contributed by atoms with van der Waals surface area (Å²) in [4.78, 5) is 26.0. The van der Waals surface area contributed by atoms with E-state index >= 15 is 0 Å². The predicted molar refractivity (Wildman–Crippen MR) is 128 cm³/mol. The van der Waals surface area contributed by atoms with E-state index in [-0.39, 0.29) is 43.1 Å². The first-order chi connectivity index (χ1) is 13.1. The van der Waals surface area contributed by atoms with Gasteiger partial charge in [-0.2, -0.15) is 0 Å². The van der Waals surface area contributed by atoms with Gasteiger partial charge in [-0.1, -0.05) is 12.1 Å². The monoisotopic (exact) mass is 475 g/mol. The zero-order valence-electron chi connectivity index (χ0n) is 17.5. The van der Waals surface area contributed by atoms with Gasteiger partial charge in [0.1, 0.15) is 0 Å². The smallest absolute Gasteiger partial charge is 0.223 e. The summed E-state index contributed by atoms with van der Waals surface area (Å²) < 4.78 is 0. The van der Waals surface area contributed by atoms with Crippen LogP contribution in [0.4, 0.5) is 0 Å². The molecular formula is C21H32Cl3N5O. The lowest BCUT2D eigenvalue weighted by Crippen LogP contribution is -2.47. The second kappa shape index (κ2) is 14.5. The van der Waals surface area contributed by atoms with E-state index in [1.54, 1.807) is 0 Å². The molecule has 168 valence electrons. The van der Waals surface area contributed by atoms with Gasteiger partial charge < -0.3 is 10.2 Å². The van der Waals surface area contributed by atoms with Gasteiger partial charge in [-0.25, -0.2) is 0 Å². The van der Waals surface area contributed by atoms with Gasteiger partial charge in [-0.3, -0.25) is 19.7 Å². The number of halogens is 3. The zero-order valence-corrected chi connectivity index (χ0v) is 20.0. The number of nitrogens with one attached hydrogen (secondary N) is 1. The number of nitrogens with zero attached hydrogens (tertiary/aromatic N) is 4. The van der Waals surface area contributed by atoms with Gasteiger partial charge in [0.05, 0.1) is 11.4 Å². The molecule has 1 aliphatic heterocycles. The first-order valence-corrected chi connectivity index (χ1v) is 9.66. The van der Waals surface area contributed by atoms with Gasteiger partial charge in [-0.05, 0) is 38.1 Å². The normalized spacial score (nSPS) is 13.1. The largest absolute Gasteiger partial charge is 0.340 e. The van der Waals surface area contributed by atoms with Crippen LogP contribution in [0.1, 0.15) is 29.2 Å². The number of pyridine rings is 2. The Morgan fingerprint density at radius 2 is 1.43 bits per heavy atom. The average Bonchev–Trinajstić information content (AvgIpc) is 2.66. The van der Waals surface area contributed by atoms with Gasteiger partial charge in [-0.15, -0.1) is 37.2 Å². The second-order valence-electron chi connectivity index (χ2n) is 7.13. The molecule has 0 atom stereocenters. The Kier molecular flexibility index (Phi) is 13.8. The number of rotatable bonds is 7. The van der Waals surface area contributed by atoms with Crippen molar-refractivity contribution >= 4 is 43.1 Å². The third-order valence-electron chi connectivity index (χ3n) is 4.77. The molecule has 30 heavy (non-hydrogen) atoms. The number of piperazine rings is 1. The molecule has 6 nitrogen and oxygen atoms in total. The Labute approximate surface area is 198 Å². The summed E-state index contributed by atoms with van der Waals surface area (Å²) >= 11 is 0. The van der Waals surface area contributed by atoms with E-state index in [2.05, 4.69) is 20.2 Å². The Hall–Kier alpha value is -1.44. The number of hydrogen-bond acceptors (Lipinski definition) is 5. The molecule has 1 amide bonds. The van der Waals surface area contributed by atoms with Crippen molar-refractivity contribution in [3.8, 4) is 0 Å². The highest BCUT2D eigenvalue weighted by molar-refractivity contribution is 5.86. The van der Waals surface area contributed by atoms with Crippen LogP contribution in [-0.2, 0) is 17.9 Å². The van der Waals surface area contributed by atoms with Crippen molar-refractivity contribution in [2.45, 2.75) is 33.4 Å². The van der Waals surface area contributed by atoms with Crippen molar-refractivity contribution in [1.82, 2.24) is 25.1 Å². The van der Waals surface area contributed by atoms with Gasteiger partial charge in [0.2, 0.25) is 5.91 Å². The Morgan fingerprint density at radius 3 is 1.90 bits per heavy atom. The van der Waals surface area contributed by atoms with E-state index in [9.17, 15) is 4.79 Å². The number of aromatic nitrogens is 2. The highest BCUT2D eigenvalue weighted by Crippen LogP contribution is 2.10. The molecule has 0 aromatic carbocycles. The summed E-state index contributed by atoms with van der Waals surface area (Å²) in [6.07, 6.45) is 0.525.